The third-order valence-electron chi connectivity index (χ3n) is 3.29. The Morgan fingerprint density at radius 2 is 1.91 bits per heavy atom. The van der Waals surface area contributed by atoms with Crippen molar-refractivity contribution < 1.29 is 14.3 Å². The number of nitrogens with one attached hydrogen (secondary N) is 1. The zero-order chi connectivity index (χ0) is 15.5. The number of benzene rings is 1. The van der Waals surface area contributed by atoms with Gasteiger partial charge in [0.05, 0.1) is 18.5 Å². The molecule has 0 saturated carbocycles. The predicted octanol–water partition coefficient (Wildman–Crippen LogP) is 2.25. The van der Waals surface area contributed by atoms with Crippen LogP contribution in [0.4, 0.5) is 4.79 Å². The summed E-state index contributed by atoms with van der Waals surface area (Å²) in [6, 6.07) is 9.07. The Kier molecular flexibility index (Phi) is 3.65. The first-order valence-electron chi connectivity index (χ1n) is 6.69. The van der Waals surface area contributed by atoms with Gasteiger partial charge in [0.15, 0.2) is 5.78 Å². The van der Waals surface area contributed by atoms with Crippen LogP contribution in [0.25, 0.3) is 0 Å². The molecule has 1 aliphatic heterocycles. The van der Waals surface area contributed by atoms with Crippen molar-refractivity contribution in [1.82, 2.24) is 5.32 Å². The maximum atomic E-state index is 12.4. The summed E-state index contributed by atoms with van der Waals surface area (Å²) in [7, 11) is 1.27. The van der Waals surface area contributed by atoms with Gasteiger partial charge in [-0.1, -0.05) is 36.4 Å². The van der Waals surface area contributed by atoms with Gasteiger partial charge >= 0.3 is 6.09 Å². The number of methoxy groups -OCH3 is 1. The minimum atomic E-state index is -0.629. The van der Waals surface area contributed by atoms with Crippen molar-refractivity contribution in [2.75, 3.05) is 7.11 Å². The van der Waals surface area contributed by atoms with Crippen LogP contribution >= 0.6 is 0 Å². The number of amides is 1. The molecular weight excluding hydrogens is 282 g/mol. The molecule has 1 aromatic rings. The van der Waals surface area contributed by atoms with E-state index in [-0.39, 0.29) is 11.7 Å². The third-order valence-corrected chi connectivity index (χ3v) is 3.29. The van der Waals surface area contributed by atoms with Gasteiger partial charge in [0.25, 0.3) is 0 Å². The number of allylic oxidation sites excluding steroid dienone is 4. The Bertz CT molecular complexity index is 758. The van der Waals surface area contributed by atoms with Crippen molar-refractivity contribution in [2.24, 2.45) is 9.98 Å². The zero-order valence-corrected chi connectivity index (χ0v) is 11.9. The molecule has 1 aromatic carbocycles. The molecule has 0 unspecified atom stereocenters. The number of fused-ring (bicyclic) bond motifs is 1. The summed E-state index contributed by atoms with van der Waals surface area (Å²) in [6.07, 6.45) is 3.23. The number of hydrogen-bond donors (Lipinski definition) is 1. The van der Waals surface area contributed by atoms with Crippen molar-refractivity contribution in [1.29, 1.82) is 0 Å². The van der Waals surface area contributed by atoms with Crippen LogP contribution in [0.15, 0.2) is 63.7 Å². The van der Waals surface area contributed by atoms with Gasteiger partial charge in [-0.05, 0) is 6.08 Å². The normalized spacial score (nSPS) is 15.9. The average molecular weight is 295 g/mol. The number of ketones is 1. The van der Waals surface area contributed by atoms with E-state index in [4.69, 9.17) is 0 Å². The lowest BCUT2D eigenvalue weighted by atomic mass is 9.94. The van der Waals surface area contributed by atoms with E-state index in [1.165, 1.54) is 7.11 Å². The Balaban J connectivity index is 1.77. The Morgan fingerprint density at radius 3 is 2.64 bits per heavy atom. The van der Waals surface area contributed by atoms with Crippen molar-refractivity contribution in [3.8, 4) is 0 Å². The maximum Gasteiger partial charge on any atom is 0.413 e. The van der Waals surface area contributed by atoms with Gasteiger partial charge in [-0.2, -0.15) is 0 Å². The molecule has 6 nitrogen and oxygen atoms in total. The SMILES string of the molecule is COC(=O)NC1=NC2=CC=C(C(=O)c3ccccc3)CC2=N1. The second-order valence-electron chi connectivity index (χ2n) is 4.73. The Hall–Kier alpha value is -3.02. The smallest absolute Gasteiger partial charge is 0.413 e. The summed E-state index contributed by atoms with van der Waals surface area (Å²) in [6.45, 7) is 0. The molecule has 1 aliphatic carbocycles. The summed E-state index contributed by atoms with van der Waals surface area (Å²) < 4.78 is 4.50. The second-order valence-corrected chi connectivity index (χ2v) is 4.73. The quantitative estimate of drug-likeness (QED) is 0.850. The van der Waals surface area contributed by atoms with Crippen LogP contribution in [-0.4, -0.2) is 30.7 Å². The highest BCUT2D eigenvalue weighted by Crippen LogP contribution is 2.24. The monoisotopic (exact) mass is 295 g/mol. The van der Waals surface area contributed by atoms with Crippen LogP contribution < -0.4 is 5.32 Å². The van der Waals surface area contributed by atoms with Crippen molar-refractivity contribution in [3.63, 3.8) is 0 Å². The summed E-state index contributed by atoms with van der Waals surface area (Å²) in [4.78, 5) is 32.0. The number of nitrogens with zero attached hydrogens (tertiary/aromatic N) is 2. The number of Topliss-reactive ketones (excluding diaryl/α,β-unsaturated/α-hetero) is 1. The van der Waals surface area contributed by atoms with Gasteiger partial charge in [-0.3, -0.25) is 10.1 Å². The largest absolute Gasteiger partial charge is 0.453 e. The van der Waals surface area contributed by atoms with E-state index >= 15 is 0 Å². The van der Waals surface area contributed by atoms with Crippen LogP contribution in [0.3, 0.4) is 0 Å². The molecule has 0 fully saturated rings. The van der Waals surface area contributed by atoms with Gasteiger partial charge in [-0.15, -0.1) is 0 Å². The van der Waals surface area contributed by atoms with E-state index in [9.17, 15) is 9.59 Å². The van der Waals surface area contributed by atoms with Gasteiger partial charge in [0.2, 0.25) is 5.96 Å². The lowest BCUT2D eigenvalue weighted by Crippen LogP contribution is -2.28. The minimum Gasteiger partial charge on any atom is -0.453 e. The topological polar surface area (TPSA) is 80.1 Å². The summed E-state index contributed by atoms with van der Waals surface area (Å²) >= 11 is 0. The van der Waals surface area contributed by atoms with E-state index < -0.39 is 6.09 Å². The molecular formula is C16H13N3O3. The van der Waals surface area contributed by atoms with E-state index in [0.29, 0.717) is 29.0 Å². The Labute approximate surface area is 126 Å². The van der Waals surface area contributed by atoms with Crippen molar-refractivity contribution in [2.45, 2.75) is 6.42 Å². The van der Waals surface area contributed by atoms with Crippen molar-refractivity contribution in [3.05, 3.63) is 59.3 Å². The van der Waals surface area contributed by atoms with E-state index in [2.05, 4.69) is 20.0 Å². The molecule has 3 rings (SSSR count). The molecule has 1 heterocycles. The van der Waals surface area contributed by atoms with E-state index in [1.807, 2.05) is 18.2 Å². The highest BCUT2D eigenvalue weighted by atomic mass is 16.5. The first kappa shape index (κ1) is 13.9. The average Bonchev–Trinajstić information content (AvgIpc) is 2.96. The number of guanidine groups is 1. The molecule has 1 N–H and O–H groups in total. The number of carbonyl (C=O) groups excluding carboxylic acids is 2. The number of aliphatic imine (C=N–C) groups is 2. The van der Waals surface area contributed by atoms with Gasteiger partial charge in [0.1, 0.15) is 0 Å². The molecule has 0 saturated heterocycles. The minimum absolute atomic E-state index is 0.0343. The number of ether oxygens (including phenoxy) is 1. The number of rotatable bonds is 2. The standard InChI is InChI=1S/C16H13N3O3/c1-22-16(21)19-15-17-12-8-7-11(9-13(12)18-15)14(20)10-5-3-2-4-6-10/h2-8H,9H2,1H3,(H,17,19,21). The highest BCUT2D eigenvalue weighted by molar-refractivity contribution is 6.20. The van der Waals surface area contributed by atoms with Crippen molar-refractivity contribution >= 4 is 23.5 Å². The lowest BCUT2D eigenvalue weighted by Gasteiger charge is -2.10. The molecule has 0 bridgehead atoms. The van der Waals surface area contributed by atoms with Crippen LogP contribution in [0.5, 0.6) is 0 Å². The van der Waals surface area contributed by atoms with E-state index in [1.54, 1.807) is 24.3 Å². The summed E-state index contributed by atoms with van der Waals surface area (Å²) in [5.74, 6) is 0.142. The fourth-order valence-corrected chi connectivity index (χ4v) is 2.20. The molecule has 0 aromatic heterocycles. The zero-order valence-electron chi connectivity index (χ0n) is 11.9. The molecule has 2 aliphatic rings. The molecule has 6 heteroatoms. The van der Waals surface area contributed by atoms with Gasteiger partial charge in [0, 0.05) is 17.6 Å². The lowest BCUT2D eigenvalue weighted by molar-refractivity contribution is 0.103. The molecule has 110 valence electrons. The van der Waals surface area contributed by atoms with Crippen LogP contribution in [-0.2, 0) is 4.74 Å². The number of alkyl carbamates (subject to hydrolysis) is 1. The van der Waals surface area contributed by atoms with Crippen LogP contribution in [0.1, 0.15) is 16.8 Å². The number of hydrogen-bond acceptors (Lipinski definition) is 5. The fourth-order valence-electron chi connectivity index (χ4n) is 2.20. The first-order chi connectivity index (χ1) is 10.7. The molecule has 0 radical (unpaired) electrons. The maximum absolute atomic E-state index is 12.4. The summed E-state index contributed by atoms with van der Waals surface area (Å²) in [5, 5.41) is 2.41. The molecule has 0 spiro atoms. The Morgan fingerprint density at radius 1 is 1.14 bits per heavy atom. The third kappa shape index (κ3) is 2.71. The number of carbonyl (C=O) groups is 2. The first-order valence-corrected chi connectivity index (χ1v) is 6.69. The van der Waals surface area contributed by atoms with Gasteiger partial charge in [-0.25, -0.2) is 14.8 Å². The summed E-state index contributed by atoms with van der Waals surface area (Å²) in [5.41, 5.74) is 2.59. The molecule has 1 amide bonds. The second kappa shape index (κ2) is 5.77. The van der Waals surface area contributed by atoms with Gasteiger partial charge < -0.3 is 4.74 Å². The predicted molar refractivity (Wildman–Crippen MR) is 82.0 cm³/mol. The molecule has 22 heavy (non-hydrogen) atoms. The van der Waals surface area contributed by atoms with Crippen LogP contribution in [0.2, 0.25) is 0 Å². The molecule has 0 atom stereocenters. The van der Waals surface area contributed by atoms with Crippen LogP contribution in [0, 0.1) is 0 Å². The van der Waals surface area contributed by atoms with E-state index in [0.717, 1.165) is 0 Å². The fraction of sp³-hybridized carbons (Fsp3) is 0.125. The highest BCUT2D eigenvalue weighted by Gasteiger charge is 2.24.